The molecule has 1 fully saturated rings. The third-order valence-electron chi connectivity index (χ3n) is 4.05. The number of nitrogens with two attached hydrogens (primary N) is 1. The minimum atomic E-state index is -0.369. The molecule has 1 aromatic rings. The van der Waals surface area contributed by atoms with Crippen LogP contribution in [0.15, 0.2) is 0 Å². The average Bonchev–Trinajstić information content (AvgIpc) is 2.40. The lowest BCUT2D eigenvalue weighted by molar-refractivity contribution is -0.0599. The highest BCUT2D eigenvalue weighted by molar-refractivity contribution is 5.19. The summed E-state index contributed by atoms with van der Waals surface area (Å²) in [6.45, 7) is 4.39. The molecule has 0 spiro atoms. The van der Waals surface area contributed by atoms with Crippen LogP contribution in [0.4, 0.5) is 5.95 Å². The molecule has 0 unspecified atom stereocenters. The van der Waals surface area contributed by atoms with Crippen molar-refractivity contribution in [3.05, 3.63) is 11.6 Å². The van der Waals surface area contributed by atoms with Gasteiger partial charge in [-0.2, -0.15) is 9.97 Å². The molecule has 0 atom stereocenters. The molecule has 2 rings (SSSR count). The van der Waals surface area contributed by atoms with Gasteiger partial charge in [-0.05, 0) is 38.0 Å². The van der Waals surface area contributed by atoms with Crippen LogP contribution in [-0.4, -0.2) is 22.1 Å². The first kappa shape index (κ1) is 14.2. The van der Waals surface area contributed by atoms with E-state index in [4.69, 9.17) is 10.5 Å². The lowest BCUT2D eigenvalue weighted by atomic mass is 9.79. The van der Waals surface area contributed by atoms with Gasteiger partial charge >= 0.3 is 0 Å². The normalized spacial score (nSPS) is 27.4. The Morgan fingerprint density at radius 2 is 1.95 bits per heavy atom. The minimum absolute atomic E-state index is 0.309. The van der Waals surface area contributed by atoms with Crippen molar-refractivity contribution in [1.29, 1.82) is 0 Å². The molecule has 19 heavy (non-hydrogen) atoms. The summed E-state index contributed by atoms with van der Waals surface area (Å²) in [6, 6.07) is 0. The number of nitrogen functional groups attached to an aromatic ring is 1. The van der Waals surface area contributed by atoms with Crippen LogP contribution >= 0.6 is 0 Å². The van der Waals surface area contributed by atoms with Gasteiger partial charge in [0.2, 0.25) is 5.95 Å². The van der Waals surface area contributed by atoms with Crippen molar-refractivity contribution in [2.24, 2.45) is 5.92 Å². The number of methoxy groups -OCH3 is 1. The van der Waals surface area contributed by atoms with Crippen molar-refractivity contribution in [3.63, 3.8) is 0 Å². The van der Waals surface area contributed by atoms with Gasteiger partial charge in [-0.1, -0.05) is 13.8 Å². The van der Waals surface area contributed by atoms with E-state index in [9.17, 15) is 0 Å². The molecule has 0 aromatic carbocycles. The molecule has 0 saturated heterocycles. The van der Waals surface area contributed by atoms with E-state index in [1.165, 1.54) is 0 Å². The maximum Gasteiger partial charge on any atom is 0.223 e. The minimum Gasteiger partial charge on any atom is -0.370 e. The zero-order chi connectivity index (χ0) is 13.9. The van der Waals surface area contributed by atoms with Crippen LogP contribution < -0.4 is 5.73 Å². The van der Waals surface area contributed by atoms with Crippen molar-refractivity contribution in [2.75, 3.05) is 12.8 Å². The highest BCUT2D eigenvalue weighted by Gasteiger charge is 2.39. The number of hydrogen-bond donors (Lipinski definition) is 1. The first-order valence-electron chi connectivity index (χ1n) is 7.15. The monoisotopic (exact) mass is 264 g/mol. The molecule has 0 radical (unpaired) electrons. The molecule has 1 saturated carbocycles. The van der Waals surface area contributed by atoms with Gasteiger partial charge in [-0.3, -0.25) is 0 Å². The van der Waals surface area contributed by atoms with Gasteiger partial charge in [0.25, 0.3) is 0 Å². The molecule has 1 aliphatic carbocycles. The third kappa shape index (κ3) is 3.03. The Morgan fingerprint density at radius 1 is 1.26 bits per heavy atom. The zero-order valence-corrected chi connectivity index (χ0v) is 12.1. The maximum atomic E-state index is 5.82. The number of nitrogens with zero attached hydrogens (tertiary/aromatic N) is 3. The summed E-state index contributed by atoms with van der Waals surface area (Å²) in [5.74, 6) is 2.55. The molecule has 5 nitrogen and oxygen atoms in total. The Bertz CT molecular complexity index is 427. The summed E-state index contributed by atoms with van der Waals surface area (Å²) >= 11 is 0. The van der Waals surface area contributed by atoms with Gasteiger partial charge in [0.1, 0.15) is 11.4 Å². The van der Waals surface area contributed by atoms with Gasteiger partial charge in [0, 0.05) is 13.5 Å². The lowest BCUT2D eigenvalue weighted by Gasteiger charge is -2.36. The topological polar surface area (TPSA) is 73.9 Å². The molecule has 2 N–H and O–H groups in total. The van der Waals surface area contributed by atoms with E-state index in [1.54, 1.807) is 7.11 Å². The fourth-order valence-electron chi connectivity index (χ4n) is 2.72. The lowest BCUT2D eigenvalue weighted by Crippen LogP contribution is -2.36. The van der Waals surface area contributed by atoms with Crippen LogP contribution in [0.25, 0.3) is 0 Å². The van der Waals surface area contributed by atoms with Crippen LogP contribution in [0.2, 0.25) is 0 Å². The Labute approximate surface area is 115 Å². The van der Waals surface area contributed by atoms with Crippen LogP contribution in [0.3, 0.4) is 0 Å². The Morgan fingerprint density at radius 3 is 2.53 bits per heavy atom. The van der Waals surface area contributed by atoms with Crippen molar-refractivity contribution < 1.29 is 4.74 Å². The summed E-state index contributed by atoms with van der Waals surface area (Å²) in [5, 5.41) is 0. The van der Waals surface area contributed by atoms with Gasteiger partial charge in [0.15, 0.2) is 5.82 Å². The van der Waals surface area contributed by atoms with Gasteiger partial charge in [0.05, 0.1) is 0 Å². The van der Waals surface area contributed by atoms with E-state index in [0.717, 1.165) is 56.1 Å². The van der Waals surface area contributed by atoms with Crippen molar-refractivity contribution in [3.8, 4) is 0 Å². The van der Waals surface area contributed by atoms with Crippen LogP contribution in [0, 0.1) is 5.92 Å². The fourth-order valence-corrected chi connectivity index (χ4v) is 2.72. The van der Waals surface area contributed by atoms with Crippen molar-refractivity contribution in [1.82, 2.24) is 15.0 Å². The number of anilines is 1. The van der Waals surface area contributed by atoms with E-state index in [1.807, 2.05) is 0 Å². The van der Waals surface area contributed by atoms with E-state index < -0.39 is 0 Å². The number of rotatable bonds is 4. The predicted molar refractivity (Wildman–Crippen MR) is 74.6 cm³/mol. The van der Waals surface area contributed by atoms with Crippen LogP contribution in [0.5, 0.6) is 0 Å². The summed E-state index contributed by atoms with van der Waals surface area (Å²) in [4.78, 5) is 13.1. The molecule has 1 aromatic heterocycles. The Kier molecular flexibility index (Phi) is 4.34. The SMILES string of the molecule is CCCc1nc(N)nc(C2(OC)CCC(C)CC2)n1. The number of aromatic nitrogens is 3. The van der Waals surface area contributed by atoms with E-state index in [-0.39, 0.29) is 5.60 Å². The van der Waals surface area contributed by atoms with Crippen molar-refractivity contribution >= 4 is 5.95 Å². The highest BCUT2D eigenvalue weighted by atomic mass is 16.5. The highest BCUT2D eigenvalue weighted by Crippen LogP contribution is 2.40. The summed E-state index contributed by atoms with van der Waals surface area (Å²) in [6.07, 6.45) is 6.03. The largest absolute Gasteiger partial charge is 0.370 e. The van der Waals surface area contributed by atoms with E-state index >= 15 is 0 Å². The maximum absolute atomic E-state index is 5.82. The molecule has 5 heteroatoms. The third-order valence-corrected chi connectivity index (χ3v) is 4.05. The first-order valence-corrected chi connectivity index (χ1v) is 7.15. The Balaban J connectivity index is 2.32. The second-order valence-electron chi connectivity index (χ2n) is 5.56. The molecule has 1 heterocycles. The first-order chi connectivity index (χ1) is 9.09. The molecular formula is C14H24N4O. The molecule has 1 aliphatic rings. The van der Waals surface area contributed by atoms with Gasteiger partial charge in [-0.25, -0.2) is 4.98 Å². The fraction of sp³-hybridized carbons (Fsp3) is 0.786. The molecular weight excluding hydrogens is 240 g/mol. The summed E-state index contributed by atoms with van der Waals surface area (Å²) in [7, 11) is 1.75. The van der Waals surface area contributed by atoms with E-state index in [2.05, 4.69) is 28.8 Å². The molecule has 0 bridgehead atoms. The quantitative estimate of drug-likeness (QED) is 0.904. The molecule has 106 valence electrons. The second-order valence-corrected chi connectivity index (χ2v) is 5.56. The van der Waals surface area contributed by atoms with Gasteiger partial charge in [-0.15, -0.1) is 0 Å². The zero-order valence-electron chi connectivity index (χ0n) is 12.1. The molecule has 0 amide bonds. The predicted octanol–water partition coefficient (Wildman–Crippen LogP) is 2.46. The van der Waals surface area contributed by atoms with Gasteiger partial charge < -0.3 is 10.5 Å². The molecule has 0 aliphatic heterocycles. The standard InChI is InChI=1S/C14H24N4O/c1-4-5-11-16-12(18-13(15)17-11)14(19-3)8-6-10(2)7-9-14/h10H,4-9H2,1-3H3,(H2,15,16,17,18). The summed E-state index contributed by atoms with van der Waals surface area (Å²) < 4.78 is 5.79. The van der Waals surface area contributed by atoms with E-state index in [0.29, 0.717) is 5.95 Å². The Hall–Kier alpha value is -1.23. The van der Waals surface area contributed by atoms with Crippen molar-refractivity contribution in [2.45, 2.75) is 58.0 Å². The summed E-state index contributed by atoms with van der Waals surface area (Å²) in [5.41, 5.74) is 5.45. The second kappa shape index (κ2) is 5.82. The number of hydrogen-bond acceptors (Lipinski definition) is 5. The number of ether oxygens (including phenoxy) is 1. The number of aryl methyl sites for hydroxylation is 1. The van der Waals surface area contributed by atoms with Crippen LogP contribution in [-0.2, 0) is 16.8 Å². The smallest absolute Gasteiger partial charge is 0.223 e. The van der Waals surface area contributed by atoms with Crippen LogP contribution in [0.1, 0.15) is 57.6 Å². The average molecular weight is 264 g/mol.